The molecule has 2 nitrogen and oxygen atoms in total. The minimum Gasteiger partial charge on any atom is -0.310 e. The Morgan fingerprint density at radius 1 is 1.36 bits per heavy atom. The second-order valence-corrected chi connectivity index (χ2v) is 4.77. The first-order chi connectivity index (χ1) is 6.81. The van der Waals surface area contributed by atoms with Gasteiger partial charge in [0.1, 0.15) is 0 Å². The van der Waals surface area contributed by atoms with Crippen molar-refractivity contribution >= 4 is 0 Å². The van der Waals surface area contributed by atoms with Crippen molar-refractivity contribution in [2.45, 2.75) is 50.2 Å². The molecule has 1 N–H and O–H groups in total. The third kappa shape index (κ3) is 2.01. The Labute approximate surface area is 87.4 Å². The van der Waals surface area contributed by atoms with Crippen LogP contribution in [0.5, 0.6) is 0 Å². The van der Waals surface area contributed by atoms with Crippen LogP contribution in [0.2, 0.25) is 0 Å². The second kappa shape index (κ2) is 4.45. The molecule has 0 amide bonds. The van der Waals surface area contributed by atoms with E-state index in [1.165, 1.54) is 32.1 Å². The molecule has 0 aromatic rings. The van der Waals surface area contributed by atoms with Crippen LogP contribution in [-0.2, 0) is 0 Å². The van der Waals surface area contributed by atoms with Crippen molar-refractivity contribution in [3.05, 3.63) is 12.7 Å². The average Bonchev–Trinajstić information content (AvgIpc) is 2.15. The van der Waals surface area contributed by atoms with Gasteiger partial charge in [-0.3, -0.25) is 0 Å². The summed E-state index contributed by atoms with van der Waals surface area (Å²) in [5.41, 5.74) is 0. The van der Waals surface area contributed by atoms with Crippen molar-refractivity contribution in [2.75, 3.05) is 13.6 Å². The van der Waals surface area contributed by atoms with E-state index in [4.69, 9.17) is 0 Å². The highest BCUT2D eigenvalue weighted by Gasteiger charge is 2.35. The molecule has 2 aliphatic heterocycles. The maximum atomic E-state index is 3.76. The lowest BCUT2D eigenvalue weighted by Gasteiger charge is -2.47. The van der Waals surface area contributed by atoms with Crippen LogP contribution in [-0.4, -0.2) is 36.6 Å². The quantitative estimate of drug-likeness (QED) is 0.689. The first kappa shape index (κ1) is 10.2. The SMILES string of the molecule is C=CCNC1CC2CCCC(C1)N2C. The van der Waals surface area contributed by atoms with Crippen molar-refractivity contribution < 1.29 is 0 Å². The average molecular weight is 194 g/mol. The summed E-state index contributed by atoms with van der Waals surface area (Å²) in [6.07, 6.45) is 8.88. The van der Waals surface area contributed by atoms with Gasteiger partial charge in [0.15, 0.2) is 0 Å². The monoisotopic (exact) mass is 194 g/mol. The summed E-state index contributed by atoms with van der Waals surface area (Å²) < 4.78 is 0. The molecule has 2 aliphatic rings. The molecule has 2 rings (SSSR count). The number of nitrogens with one attached hydrogen (secondary N) is 1. The van der Waals surface area contributed by atoms with E-state index in [0.29, 0.717) is 0 Å². The third-order valence-corrected chi connectivity index (χ3v) is 3.89. The van der Waals surface area contributed by atoms with Crippen LogP contribution in [0.15, 0.2) is 12.7 Å². The molecule has 80 valence electrons. The van der Waals surface area contributed by atoms with Crippen LogP contribution in [0.4, 0.5) is 0 Å². The molecule has 2 fully saturated rings. The minimum absolute atomic E-state index is 0.736. The molecule has 0 saturated carbocycles. The van der Waals surface area contributed by atoms with Gasteiger partial charge < -0.3 is 10.2 Å². The smallest absolute Gasteiger partial charge is 0.0134 e. The van der Waals surface area contributed by atoms with Gasteiger partial charge in [0, 0.05) is 24.7 Å². The highest BCUT2D eigenvalue weighted by Crippen LogP contribution is 2.32. The Bertz CT molecular complexity index is 188. The van der Waals surface area contributed by atoms with Gasteiger partial charge >= 0.3 is 0 Å². The van der Waals surface area contributed by atoms with Crippen molar-refractivity contribution in [1.29, 1.82) is 0 Å². The molecule has 0 radical (unpaired) electrons. The third-order valence-electron chi connectivity index (χ3n) is 3.89. The molecule has 2 saturated heterocycles. The number of nitrogens with zero attached hydrogens (tertiary/aromatic N) is 1. The zero-order valence-corrected chi connectivity index (χ0v) is 9.21. The highest BCUT2D eigenvalue weighted by atomic mass is 15.2. The van der Waals surface area contributed by atoms with E-state index in [1.807, 2.05) is 6.08 Å². The van der Waals surface area contributed by atoms with Gasteiger partial charge in [-0.2, -0.15) is 0 Å². The lowest BCUT2D eigenvalue weighted by Crippen LogP contribution is -2.54. The van der Waals surface area contributed by atoms with E-state index in [0.717, 1.165) is 24.7 Å². The Morgan fingerprint density at radius 2 is 2.00 bits per heavy atom. The van der Waals surface area contributed by atoms with E-state index in [2.05, 4.69) is 23.8 Å². The molecule has 0 aliphatic carbocycles. The summed E-state index contributed by atoms with van der Waals surface area (Å²) in [5.74, 6) is 0. The van der Waals surface area contributed by atoms with Gasteiger partial charge in [-0.05, 0) is 32.7 Å². The molecule has 2 unspecified atom stereocenters. The van der Waals surface area contributed by atoms with E-state index in [-0.39, 0.29) is 0 Å². The van der Waals surface area contributed by atoms with Gasteiger partial charge in [-0.1, -0.05) is 12.5 Å². The van der Waals surface area contributed by atoms with Crippen LogP contribution in [0, 0.1) is 0 Å². The predicted octanol–water partition coefficient (Wildman–Crippen LogP) is 1.78. The van der Waals surface area contributed by atoms with Crippen LogP contribution >= 0.6 is 0 Å². The van der Waals surface area contributed by atoms with Crippen molar-refractivity contribution in [1.82, 2.24) is 10.2 Å². The fraction of sp³-hybridized carbons (Fsp3) is 0.833. The molecular formula is C12H22N2. The summed E-state index contributed by atoms with van der Waals surface area (Å²) >= 11 is 0. The molecule has 2 heteroatoms. The van der Waals surface area contributed by atoms with Gasteiger partial charge in [-0.15, -0.1) is 6.58 Å². The lowest BCUT2D eigenvalue weighted by atomic mass is 9.82. The van der Waals surface area contributed by atoms with Gasteiger partial charge in [0.2, 0.25) is 0 Å². The second-order valence-electron chi connectivity index (χ2n) is 4.77. The van der Waals surface area contributed by atoms with Gasteiger partial charge in [0.05, 0.1) is 0 Å². The zero-order valence-electron chi connectivity index (χ0n) is 9.21. The fourth-order valence-corrected chi connectivity index (χ4v) is 3.03. The molecule has 0 aromatic carbocycles. The molecule has 2 atom stereocenters. The number of fused-ring (bicyclic) bond motifs is 2. The number of rotatable bonds is 3. The molecule has 0 spiro atoms. The van der Waals surface area contributed by atoms with Crippen LogP contribution in [0.25, 0.3) is 0 Å². The fourth-order valence-electron chi connectivity index (χ4n) is 3.03. The summed E-state index contributed by atoms with van der Waals surface area (Å²) in [6.45, 7) is 4.73. The topological polar surface area (TPSA) is 15.3 Å². The number of hydrogen-bond acceptors (Lipinski definition) is 2. The Kier molecular flexibility index (Phi) is 3.24. The van der Waals surface area contributed by atoms with Crippen LogP contribution in [0.1, 0.15) is 32.1 Å². The molecular weight excluding hydrogens is 172 g/mol. The van der Waals surface area contributed by atoms with Crippen LogP contribution in [0.3, 0.4) is 0 Å². The number of piperidine rings is 2. The largest absolute Gasteiger partial charge is 0.310 e. The highest BCUT2D eigenvalue weighted by molar-refractivity contribution is 4.94. The number of hydrogen-bond donors (Lipinski definition) is 1. The standard InChI is InChI=1S/C12H22N2/c1-3-7-13-10-8-11-5-4-6-12(9-10)14(11)2/h3,10-13H,1,4-9H2,2H3. The molecule has 14 heavy (non-hydrogen) atoms. The Morgan fingerprint density at radius 3 is 2.57 bits per heavy atom. The van der Waals surface area contributed by atoms with Gasteiger partial charge in [0.25, 0.3) is 0 Å². The minimum atomic E-state index is 0.736. The van der Waals surface area contributed by atoms with Crippen LogP contribution < -0.4 is 5.32 Å². The Hall–Kier alpha value is -0.340. The normalized spacial score (nSPS) is 38.2. The summed E-state index contributed by atoms with van der Waals surface area (Å²) in [6, 6.07) is 2.41. The summed E-state index contributed by atoms with van der Waals surface area (Å²) in [7, 11) is 2.30. The van der Waals surface area contributed by atoms with Crippen molar-refractivity contribution in [2.24, 2.45) is 0 Å². The first-order valence-corrected chi connectivity index (χ1v) is 5.87. The molecule has 2 heterocycles. The Balaban J connectivity index is 1.90. The van der Waals surface area contributed by atoms with E-state index in [1.54, 1.807) is 0 Å². The predicted molar refractivity (Wildman–Crippen MR) is 60.4 cm³/mol. The van der Waals surface area contributed by atoms with Crippen molar-refractivity contribution in [3.8, 4) is 0 Å². The molecule has 2 bridgehead atoms. The first-order valence-electron chi connectivity index (χ1n) is 5.87. The van der Waals surface area contributed by atoms with E-state index < -0.39 is 0 Å². The van der Waals surface area contributed by atoms with Gasteiger partial charge in [-0.25, -0.2) is 0 Å². The maximum Gasteiger partial charge on any atom is 0.0134 e. The van der Waals surface area contributed by atoms with E-state index in [9.17, 15) is 0 Å². The molecule has 0 aromatic heterocycles. The van der Waals surface area contributed by atoms with E-state index >= 15 is 0 Å². The maximum absolute atomic E-state index is 3.76. The zero-order chi connectivity index (χ0) is 9.97. The van der Waals surface area contributed by atoms with Crippen molar-refractivity contribution in [3.63, 3.8) is 0 Å². The summed E-state index contributed by atoms with van der Waals surface area (Å²) in [4.78, 5) is 2.61. The lowest BCUT2D eigenvalue weighted by molar-refractivity contribution is 0.0495. The summed E-state index contributed by atoms with van der Waals surface area (Å²) in [5, 5.41) is 3.58.